The van der Waals surface area contributed by atoms with Crippen molar-refractivity contribution >= 4 is 15.9 Å². The van der Waals surface area contributed by atoms with Crippen LogP contribution in [0.4, 0.5) is 0 Å². The van der Waals surface area contributed by atoms with Crippen LogP contribution in [0.15, 0.2) is 4.47 Å². The van der Waals surface area contributed by atoms with E-state index in [-0.39, 0.29) is 0 Å². The van der Waals surface area contributed by atoms with Crippen molar-refractivity contribution in [2.24, 2.45) is 13.0 Å². The standard InChI is InChI=1S/C14H22BrN3/c1-10-14(15)13(17(2)16-10)9-18-8-4-6-11-5-3-7-12(11)18/h11-12H,3-9H2,1-2H3. The second-order valence-electron chi connectivity index (χ2n) is 5.84. The van der Waals surface area contributed by atoms with E-state index in [2.05, 4.69) is 39.9 Å². The molecule has 2 unspecified atom stereocenters. The average Bonchev–Trinajstić information content (AvgIpc) is 2.91. The number of rotatable bonds is 2. The molecule has 0 aromatic carbocycles. The Morgan fingerprint density at radius 2 is 2.06 bits per heavy atom. The van der Waals surface area contributed by atoms with Crippen LogP contribution >= 0.6 is 15.9 Å². The SMILES string of the molecule is Cc1nn(C)c(CN2CCCC3CCCC32)c1Br. The molecule has 2 heterocycles. The molecule has 2 fully saturated rings. The fourth-order valence-electron chi connectivity index (χ4n) is 3.80. The van der Waals surface area contributed by atoms with Crippen LogP contribution in [0.2, 0.25) is 0 Å². The Bertz CT molecular complexity index is 440. The highest BCUT2D eigenvalue weighted by molar-refractivity contribution is 9.10. The number of halogens is 1. The van der Waals surface area contributed by atoms with Crippen LogP contribution in [-0.2, 0) is 13.6 Å². The number of fused-ring (bicyclic) bond motifs is 1. The van der Waals surface area contributed by atoms with Crippen LogP contribution in [0.5, 0.6) is 0 Å². The lowest BCUT2D eigenvalue weighted by Crippen LogP contribution is -2.42. The molecule has 1 aromatic heterocycles. The largest absolute Gasteiger partial charge is 0.294 e. The molecule has 0 radical (unpaired) electrons. The maximum absolute atomic E-state index is 4.50. The molecular weight excluding hydrogens is 290 g/mol. The van der Waals surface area contributed by atoms with Crippen LogP contribution in [0, 0.1) is 12.8 Å². The van der Waals surface area contributed by atoms with Gasteiger partial charge in [0.05, 0.1) is 15.9 Å². The van der Waals surface area contributed by atoms with Crippen LogP contribution < -0.4 is 0 Å². The van der Waals surface area contributed by atoms with Gasteiger partial charge in [0, 0.05) is 19.6 Å². The summed E-state index contributed by atoms with van der Waals surface area (Å²) in [5, 5.41) is 4.50. The zero-order valence-electron chi connectivity index (χ0n) is 11.3. The highest BCUT2D eigenvalue weighted by Crippen LogP contribution is 2.38. The zero-order chi connectivity index (χ0) is 12.7. The van der Waals surface area contributed by atoms with Gasteiger partial charge in [-0.3, -0.25) is 9.58 Å². The van der Waals surface area contributed by atoms with Crippen LogP contribution in [0.1, 0.15) is 43.5 Å². The molecule has 2 aliphatic rings. The maximum Gasteiger partial charge on any atom is 0.0739 e. The fourth-order valence-corrected chi connectivity index (χ4v) is 4.26. The molecule has 1 saturated carbocycles. The Hall–Kier alpha value is -0.350. The van der Waals surface area contributed by atoms with E-state index in [4.69, 9.17) is 0 Å². The van der Waals surface area contributed by atoms with Crippen molar-refractivity contribution in [1.82, 2.24) is 14.7 Å². The molecule has 1 aliphatic heterocycles. The Kier molecular flexibility index (Phi) is 3.50. The average molecular weight is 312 g/mol. The van der Waals surface area contributed by atoms with E-state index in [0.29, 0.717) is 0 Å². The second-order valence-corrected chi connectivity index (χ2v) is 6.63. The van der Waals surface area contributed by atoms with Crippen molar-refractivity contribution in [2.45, 2.75) is 51.6 Å². The Morgan fingerprint density at radius 3 is 2.78 bits per heavy atom. The predicted molar refractivity (Wildman–Crippen MR) is 76.4 cm³/mol. The smallest absolute Gasteiger partial charge is 0.0739 e. The quantitative estimate of drug-likeness (QED) is 0.836. The minimum absolute atomic E-state index is 0.834. The molecule has 1 aromatic rings. The summed E-state index contributed by atoms with van der Waals surface area (Å²) < 4.78 is 3.24. The van der Waals surface area contributed by atoms with E-state index >= 15 is 0 Å². The van der Waals surface area contributed by atoms with Crippen molar-refractivity contribution in [3.05, 3.63) is 15.9 Å². The highest BCUT2D eigenvalue weighted by atomic mass is 79.9. The van der Waals surface area contributed by atoms with Crippen molar-refractivity contribution in [1.29, 1.82) is 0 Å². The van der Waals surface area contributed by atoms with E-state index in [1.54, 1.807) is 0 Å². The molecule has 3 nitrogen and oxygen atoms in total. The van der Waals surface area contributed by atoms with Gasteiger partial charge in [0.2, 0.25) is 0 Å². The lowest BCUT2D eigenvalue weighted by atomic mass is 9.92. The summed E-state index contributed by atoms with van der Waals surface area (Å²) in [4.78, 5) is 2.70. The molecule has 4 heteroatoms. The summed E-state index contributed by atoms with van der Waals surface area (Å²) in [6.45, 7) is 4.39. The van der Waals surface area contributed by atoms with E-state index < -0.39 is 0 Å². The number of aryl methyl sites for hydroxylation is 2. The number of piperidine rings is 1. The molecule has 1 aliphatic carbocycles. The normalized spacial score (nSPS) is 28.6. The van der Waals surface area contributed by atoms with Gasteiger partial charge >= 0.3 is 0 Å². The molecule has 18 heavy (non-hydrogen) atoms. The fraction of sp³-hybridized carbons (Fsp3) is 0.786. The third-order valence-corrected chi connectivity index (χ3v) is 5.75. The van der Waals surface area contributed by atoms with E-state index in [0.717, 1.165) is 24.2 Å². The number of nitrogens with zero attached hydrogens (tertiary/aromatic N) is 3. The van der Waals surface area contributed by atoms with Crippen molar-refractivity contribution in [2.75, 3.05) is 6.54 Å². The van der Waals surface area contributed by atoms with Crippen LogP contribution in [0.3, 0.4) is 0 Å². The molecule has 0 amide bonds. The first-order chi connectivity index (χ1) is 8.66. The van der Waals surface area contributed by atoms with Gasteiger partial charge in [0.15, 0.2) is 0 Å². The maximum atomic E-state index is 4.50. The van der Waals surface area contributed by atoms with E-state index in [1.165, 1.54) is 48.8 Å². The van der Waals surface area contributed by atoms with Crippen molar-refractivity contribution in [3.63, 3.8) is 0 Å². The third-order valence-electron chi connectivity index (χ3n) is 4.72. The summed E-state index contributed by atoms with van der Waals surface area (Å²) in [5.41, 5.74) is 2.44. The van der Waals surface area contributed by atoms with Crippen LogP contribution in [0.25, 0.3) is 0 Å². The molecule has 0 spiro atoms. The molecule has 0 N–H and O–H groups in total. The second kappa shape index (κ2) is 4.97. The van der Waals surface area contributed by atoms with Crippen molar-refractivity contribution < 1.29 is 0 Å². The first-order valence-electron chi connectivity index (χ1n) is 7.09. The molecule has 3 rings (SSSR count). The van der Waals surface area contributed by atoms with Gasteiger partial charge in [-0.25, -0.2) is 0 Å². The molecule has 2 atom stereocenters. The van der Waals surface area contributed by atoms with Gasteiger partial charge in [-0.05, 0) is 61.0 Å². The summed E-state index contributed by atoms with van der Waals surface area (Å²) in [5.74, 6) is 0.965. The minimum atomic E-state index is 0.834. The lowest BCUT2D eigenvalue weighted by Gasteiger charge is -2.37. The Morgan fingerprint density at radius 1 is 1.28 bits per heavy atom. The predicted octanol–water partition coefficient (Wildman–Crippen LogP) is 3.26. The monoisotopic (exact) mass is 311 g/mol. The molecule has 1 saturated heterocycles. The number of likely N-dealkylation sites (tertiary alicyclic amines) is 1. The number of hydrogen-bond acceptors (Lipinski definition) is 2. The van der Waals surface area contributed by atoms with Gasteiger partial charge in [0.25, 0.3) is 0 Å². The summed E-state index contributed by atoms with van der Waals surface area (Å²) in [6, 6.07) is 0.834. The van der Waals surface area contributed by atoms with E-state index in [1.807, 2.05) is 4.68 Å². The van der Waals surface area contributed by atoms with Gasteiger partial charge in [-0.1, -0.05) is 6.42 Å². The van der Waals surface area contributed by atoms with Gasteiger partial charge < -0.3 is 0 Å². The first kappa shape index (κ1) is 12.7. The number of hydrogen-bond donors (Lipinski definition) is 0. The van der Waals surface area contributed by atoms with Crippen molar-refractivity contribution in [3.8, 4) is 0 Å². The topological polar surface area (TPSA) is 21.1 Å². The highest BCUT2D eigenvalue weighted by Gasteiger charge is 2.35. The summed E-state index contributed by atoms with van der Waals surface area (Å²) in [6.07, 6.45) is 7.10. The third kappa shape index (κ3) is 2.14. The van der Waals surface area contributed by atoms with Gasteiger partial charge in [0.1, 0.15) is 0 Å². The summed E-state index contributed by atoms with van der Waals surface area (Å²) >= 11 is 3.69. The molecule has 0 bridgehead atoms. The number of aromatic nitrogens is 2. The van der Waals surface area contributed by atoms with E-state index in [9.17, 15) is 0 Å². The minimum Gasteiger partial charge on any atom is -0.294 e. The van der Waals surface area contributed by atoms with Gasteiger partial charge in [-0.2, -0.15) is 5.10 Å². The zero-order valence-corrected chi connectivity index (χ0v) is 12.9. The Balaban J connectivity index is 1.79. The summed E-state index contributed by atoms with van der Waals surface area (Å²) in [7, 11) is 2.06. The van der Waals surface area contributed by atoms with Crippen LogP contribution in [-0.4, -0.2) is 27.3 Å². The molecular formula is C14H22BrN3. The van der Waals surface area contributed by atoms with Gasteiger partial charge in [-0.15, -0.1) is 0 Å². The Labute approximate surface area is 118 Å². The first-order valence-corrected chi connectivity index (χ1v) is 7.88. The lowest BCUT2D eigenvalue weighted by molar-refractivity contribution is 0.103. The molecule has 100 valence electrons.